The first-order valence-electron chi connectivity index (χ1n) is 8.93. The quantitative estimate of drug-likeness (QED) is 0.185. The molecule has 0 bridgehead atoms. The van der Waals surface area contributed by atoms with Crippen LogP contribution in [0, 0.1) is 79.1 Å². The van der Waals surface area contributed by atoms with E-state index < -0.39 is 9.20 Å². The Kier molecular flexibility index (Phi) is 12.3. The third kappa shape index (κ3) is 8.73. The van der Waals surface area contributed by atoms with Crippen LogP contribution in [-0.4, -0.2) is 9.97 Å². The summed E-state index contributed by atoms with van der Waals surface area (Å²) in [5.74, 6) is 0. The van der Waals surface area contributed by atoms with Crippen molar-refractivity contribution in [1.82, 2.24) is 9.97 Å². The third-order valence-corrected chi connectivity index (χ3v) is 9.96. The van der Waals surface area contributed by atoms with Crippen LogP contribution in [0.3, 0.4) is 0 Å². The molecule has 0 N–H and O–H groups in total. The maximum atomic E-state index is 9.58. The standard InChI is InChI=1S/2C10H15N.2HI.Mo.2NO/c2*1-6-7(2)9(4)11-10(5)8(6)3;;;;2*1-2/h2*1-5H3;2*1H;;;/q;;;;+4;2*-1/p-2. The second kappa shape index (κ2) is 12.5. The van der Waals surface area contributed by atoms with E-state index in [0.717, 1.165) is 22.8 Å². The minimum absolute atomic E-state index is 1.16. The van der Waals surface area contributed by atoms with Crippen molar-refractivity contribution in [2.45, 2.75) is 69.2 Å². The Morgan fingerprint density at radius 1 is 0.517 bits per heavy atom. The van der Waals surface area contributed by atoms with E-state index in [1.807, 2.05) is 0 Å². The summed E-state index contributed by atoms with van der Waals surface area (Å²) >= 11 is 3.44. The van der Waals surface area contributed by atoms with E-state index in [1.165, 1.54) is 33.4 Å². The van der Waals surface area contributed by atoms with Crippen molar-refractivity contribution in [3.63, 3.8) is 0 Å². The first kappa shape index (κ1) is 28.6. The summed E-state index contributed by atoms with van der Waals surface area (Å²) < 4.78 is 5.15. The molecule has 0 radical (unpaired) electrons. The molecule has 0 aliphatic rings. The molecule has 0 unspecified atom stereocenters. The first-order valence-corrected chi connectivity index (χ1v) is 22.7. The minimum atomic E-state index is -3.03. The normalized spacial score (nSPS) is 10.9. The Balaban J connectivity index is 0.000000419. The predicted octanol–water partition coefficient (Wildman–Crippen LogP) is 7.45. The zero-order valence-corrected chi connectivity index (χ0v) is 25.1. The van der Waals surface area contributed by atoms with Crippen LogP contribution < -0.4 is 0 Å². The van der Waals surface area contributed by atoms with Gasteiger partial charge in [0.1, 0.15) is 0 Å². The van der Waals surface area contributed by atoms with Crippen LogP contribution in [-0.2, 0) is 9.20 Å². The molecule has 0 aliphatic heterocycles. The fraction of sp³-hybridized carbons (Fsp3) is 0.500. The van der Waals surface area contributed by atoms with Crippen LogP contribution in [0.4, 0.5) is 0 Å². The van der Waals surface area contributed by atoms with Gasteiger partial charge >= 0.3 is 65.2 Å². The molecule has 0 amide bonds. The van der Waals surface area contributed by atoms with Crippen molar-refractivity contribution in [3.8, 4) is 0 Å². The Hall–Kier alpha value is -0.352. The van der Waals surface area contributed by atoms with E-state index in [0.29, 0.717) is 0 Å². The fourth-order valence-electron chi connectivity index (χ4n) is 2.50. The van der Waals surface area contributed by atoms with Gasteiger partial charge in [-0.3, -0.25) is 9.97 Å². The van der Waals surface area contributed by atoms with Crippen LogP contribution in [0.25, 0.3) is 0 Å². The summed E-state index contributed by atoms with van der Waals surface area (Å²) in [6, 6.07) is 0. The maximum absolute atomic E-state index is 9.58. The molecule has 2 heterocycles. The number of nitroso groups, excluding NO2 is 2. The molecule has 6 nitrogen and oxygen atoms in total. The zero-order chi connectivity index (χ0) is 23.1. The summed E-state index contributed by atoms with van der Waals surface area (Å²) in [6.45, 7) is 21.1. The number of halogens is 2. The van der Waals surface area contributed by atoms with Crippen molar-refractivity contribution < 1.29 is 9.20 Å². The van der Waals surface area contributed by atoms with Crippen LogP contribution >= 0.6 is 38.7 Å². The first-order chi connectivity index (χ1) is 13.2. The van der Waals surface area contributed by atoms with E-state index in [2.05, 4.69) is 86.7 Å². The van der Waals surface area contributed by atoms with Crippen molar-refractivity contribution in [2.24, 2.45) is 7.47 Å². The monoisotopic (exact) mass is 710 g/mol. The molecule has 2 aromatic heterocycles. The molecular formula is C20H30I2MoN4O2. The van der Waals surface area contributed by atoms with Gasteiger partial charge in [-0.2, -0.15) is 0 Å². The Bertz CT molecular complexity index is 779. The molecule has 0 saturated carbocycles. The fourth-order valence-corrected chi connectivity index (χ4v) is 2.57. The molecule has 0 saturated heterocycles. The summed E-state index contributed by atoms with van der Waals surface area (Å²) in [6.07, 6.45) is 0. The van der Waals surface area contributed by atoms with Crippen LogP contribution in [0.2, 0.25) is 0 Å². The number of rotatable bonds is 2. The predicted molar refractivity (Wildman–Crippen MR) is 135 cm³/mol. The van der Waals surface area contributed by atoms with Crippen molar-refractivity contribution >= 4 is 38.7 Å². The Labute approximate surface area is 198 Å². The third-order valence-electron chi connectivity index (χ3n) is 5.27. The van der Waals surface area contributed by atoms with Crippen LogP contribution in [0.15, 0.2) is 7.47 Å². The van der Waals surface area contributed by atoms with Gasteiger partial charge in [0.05, 0.1) is 0 Å². The molecule has 162 valence electrons. The molecule has 0 atom stereocenters. The van der Waals surface area contributed by atoms with E-state index in [4.69, 9.17) is 0 Å². The van der Waals surface area contributed by atoms with Gasteiger partial charge < -0.3 is 0 Å². The van der Waals surface area contributed by atoms with Crippen LogP contribution in [0.1, 0.15) is 56.2 Å². The Morgan fingerprint density at radius 3 is 0.862 bits per heavy atom. The second-order valence-corrected chi connectivity index (χ2v) is 34.2. The van der Waals surface area contributed by atoms with Crippen LogP contribution in [0.5, 0.6) is 0 Å². The topological polar surface area (TPSA) is 84.6 Å². The summed E-state index contributed by atoms with van der Waals surface area (Å²) in [4.78, 5) is 28.0. The average Bonchev–Trinajstić information content (AvgIpc) is 2.68. The molecule has 0 fully saturated rings. The second-order valence-electron chi connectivity index (χ2n) is 6.88. The van der Waals surface area contributed by atoms with Crippen molar-refractivity contribution in [3.05, 3.63) is 66.0 Å². The van der Waals surface area contributed by atoms with Gasteiger partial charge in [0.2, 0.25) is 0 Å². The molecule has 0 spiro atoms. The van der Waals surface area contributed by atoms with Gasteiger partial charge in [-0.05, 0) is 103 Å². The number of aromatic nitrogens is 2. The van der Waals surface area contributed by atoms with E-state index >= 15 is 0 Å². The molecule has 2 aromatic rings. The number of aryl methyl sites for hydroxylation is 4. The van der Waals surface area contributed by atoms with Gasteiger partial charge in [-0.15, -0.1) is 0 Å². The number of hydrogen-bond donors (Lipinski definition) is 0. The van der Waals surface area contributed by atoms with Gasteiger partial charge in [0, 0.05) is 22.8 Å². The van der Waals surface area contributed by atoms with E-state index in [-0.39, 0.29) is 0 Å². The SMILES string of the molecule is Cc1nc(C)c(C)c(C)c1C.Cc1nc(C)c(C)c(C)c1C.O=[N][Mo]([I])([I])[N]=O. The molecule has 0 aromatic carbocycles. The number of hydrogen-bond acceptors (Lipinski definition) is 6. The van der Waals surface area contributed by atoms with Gasteiger partial charge in [-0.1, -0.05) is 0 Å². The summed E-state index contributed by atoms with van der Waals surface area (Å²) in [5.41, 5.74) is 12.7. The van der Waals surface area contributed by atoms with E-state index in [9.17, 15) is 9.81 Å². The van der Waals surface area contributed by atoms with E-state index in [1.54, 1.807) is 38.7 Å². The average molecular weight is 708 g/mol. The molecule has 9 heteroatoms. The number of nitrogens with zero attached hydrogens (tertiary/aromatic N) is 4. The summed E-state index contributed by atoms with van der Waals surface area (Å²) in [5, 5.41) is 0. The van der Waals surface area contributed by atoms with Gasteiger partial charge in [0.25, 0.3) is 0 Å². The van der Waals surface area contributed by atoms with Gasteiger partial charge in [0.15, 0.2) is 0 Å². The zero-order valence-electron chi connectivity index (χ0n) is 18.8. The molecule has 29 heavy (non-hydrogen) atoms. The molecular weight excluding hydrogens is 678 g/mol. The van der Waals surface area contributed by atoms with Crippen molar-refractivity contribution in [2.75, 3.05) is 0 Å². The van der Waals surface area contributed by atoms with Crippen molar-refractivity contribution in [1.29, 1.82) is 0 Å². The van der Waals surface area contributed by atoms with Gasteiger partial charge in [-0.25, -0.2) is 0 Å². The molecule has 0 aliphatic carbocycles. The Morgan fingerprint density at radius 2 is 0.724 bits per heavy atom. The number of pyridine rings is 2. The molecule has 2 rings (SSSR count). The summed E-state index contributed by atoms with van der Waals surface area (Å²) in [7, 11) is -3.03.